The topological polar surface area (TPSA) is 90.2 Å². The van der Waals surface area contributed by atoms with Gasteiger partial charge in [0.05, 0.1) is 17.4 Å². The SMILES string of the molecule is CC(C)C(C)(C#N)NC(=O)CSc1ccccc1C(=O)O. The normalized spacial score (nSPS) is 13.3. The molecule has 6 heteroatoms. The van der Waals surface area contributed by atoms with E-state index in [1.54, 1.807) is 25.1 Å². The highest BCUT2D eigenvalue weighted by atomic mass is 32.2. The van der Waals surface area contributed by atoms with Gasteiger partial charge in [0.2, 0.25) is 5.91 Å². The van der Waals surface area contributed by atoms with Crippen LogP contribution in [0, 0.1) is 17.2 Å². The average molecular weight is 306 g/mol. The fraction of sp³-hybridized carbons (Fsp3) is 0.400. The van der Waals surface area contributed by atoms with Gasteiger partial charge in [-0.1, -0.05) is 26.0 Å². The Morgan fingerprint density at radius 2 is 2.05 bits per heavy atom. The number of aromatic carboxylic acids is 1. The molecule has 0 radical (unpaired) electrons. The fourth-order valence-corrected chi connectivity index (χ4v) is 2.38. The number of nitrogens with one attached hydrogen (secondary N) is 1. The predicted octanol–water partition coefficient (Wildman–Crippen LogP) is 2.53. The Labute approximate surface area is 128 Å². The summed E-state index contributed by atoms with van der Waals surface area (Å²) in [5, 5.41) is 20.9. The molecule has 0 saturated carbocycles. The third kappa shape index (κ3) is 4.50. The zero-order valence-corrected chi connectivity index (χ0v) is 13.0. The summed E-state index contributed by atoms with van der Waals surface area (Å²) in [5.74, 6) is -1.28. The maximum absolute atomic E-state index is 11.9. The zero-order chi connectivity index (χ0) is 16.0. The lowest BCUT2D eigenvalue weighted by molar-refractivity contribution is -0.120. The molecule has 1 amide bonds. The van der Waals surface area contributed by atoms with Gasteiger partial charge in [-0.2, -0.15) is 5.26 Å². The van der Waals surface area contributed by atoms with Crippen molar-refractivity contribution >= 4 is 23.6 Å². The first-order chi connectivity index (χ1) is 9.80. The van der Waals surface area contributed by atoms with Crippen LogP contribution in [0.4, 0.5) is 0 Å². The molecular weight excluding hydrogens is 288 g/mol. The maximum Gasteiger partial charge on any atom is 0.336 e. The number of thioether (sulfide) groups is 1. The van der Waals surface area contributed by atoms with Crippen molar-refractivity contribution in [1.29, 1.82) is 5.26 Å². The van der Waals surface area contributed by atoms with Crippen LogP contribution >= 0.6 is 11.8 Å². The van der Waals surface area contributed by atoms with Crippen LogP contribution in [0.1, 0.15) is 31.1 Å². The molecule has 5 nitrogen and oxygen atoms in total. The summed E-state index contributed by atoms with van der Waals surface area (Å²) >= 11 is 1.14. The molecule has 0 fully saturated rings. The van der Waals surface area contributed by atoms with Gasteiger partial charge >= 0.3 is 5.97 Å². The summed E-state index contributed by atoms with van der Waals surface area (Å²) in [6, 6.07) is 8.62. The Balaban J connectivity index is 2.71. The number of nitriles is 1. The Bertz CT molecular complexity index is 581. The third-order valence-electron chi connectivity index (χ3n) is 3.26. The molecule has 1 aromatic rings. The minimum absolute atomic E-state index is 0.0252. The summed E-state index contributed by atoms with van der Waals surface area (Å²) in [7, 11) is 0. The molecule has 0 aromatic heterocycles. The van der Waals surface area contributed by atoms with Crippen molar-refractivity contribution in [3.05, 3.63) is 29.8 Å². The van der Waals surface area contributed by atoms with Gasteiger partial charge in [-0.25, -0.2) is 4.79 Å². The molecule has 0 spiro atoms. The molecule has 0 aliphatic rings. The van der Waals surface area contributed by atoms with Crippen molar-refractivity contribution in [1.82, 2.24) is 5.32 Å². The van der Waals surface area contributed by atoms with Gasteiger partial charge in [-0.15, -0.1) is 11.8 Å². The lowest BCUT2D eigenvalue weighted by Gasteiger charge is -2.27. The van der Waals surface area contributed by atoms with E-state index in [1.807, 2.05) is 13.8 Å². The number of nitrogens with zero attached hydrogens (tertiary/aromatic N) is 1. The van der Waals surface area contributed by atoms with Crippen LogP contribution in [-0.4, -0.2) is 28.3 Å². The van der Waals surface area contributed by atoms with E-state index in [9.17, 15) is 9.59 Å². The summed E-state index contributed by atoms with van der Waals surface area (Å²) in [6.45, 7) is 5.39. The summed E-state index contributed by atoms with van der Waals surface area (Å²) in [5.41, 5.74) is -0.758. The quantitative estimate of drug-likeness (QED) is 0.788. The van der Waals surface area contributed by atoms with Gasteiger partial charge in [0.15, 0.2) is 0 Å². The molecule has 0 bridgehead atoms. The molecule has 0 aliphatic heterocycles. The second-order valence-corrected chi connectivity index (χ2v) is 6.12. The van der Waals surface area contributed by atoms with E-state index < -0.39 is 11.5 Å². The number of rotatable bonds is 6. The van der Waals surface area contributed by atoms with E-state index in [2.05, 4.69) is 11.4 Å². The van der Waals surface area contributed by atoms with Crippen molar-refractivity contribution in [2.75, 3.05) is 5.75 Å². The van der Waals surface area contributed by atoms with E-state index in [-0.39, 0.29) is 23.1 Å². The number of hydrogen-bond donors (Lipinski definition) is 2. The van der Waals surface area contributed by atoms with Gasteiger partial charge < -0.3 is 10.4 Å². The molecule has 1 rings (SSSR count). The molecule has 0 aliphatic carbocycles. The zero-order valence-electron chi connectivity index (χ0n) is 12.2. The molecular formula is C15H18N2O3S. The first-order valence-electron chi connectivity index (χ1n) is 6.47. The number of hydrogen-bond acceptors (Lipinski definition) is 4. The molecule has 112 valence electrons. The second-order valence-electron chi connectivity index (χ2n) is 5.11. The van der Waals surface area contributed by atoms with E-state index in [1.165, 1.54) is 6.07 Å². The van der Waals surface area contributed by atoms with Gasteiger partial charge in [-0.3, -0.25) is 4.79 Å². The standard InChI is InChI=1S/C15H18N2O3S/c1-10(2)15(3,9-16)17-13(18)8-21-12-7-5-4-6-11(12)14(19)20/h4-7,10H,8H2,1-3H3,(H,17,18)(H,19,20). The Morgan fingerprint density at radius 3 is 2.57 bits per heavy atom. The van der Waals surface area contributed by atoms with E-state index in [0.29, 0.717) is 4.90 Å². The van der Waals surface area contributed by atoms with Gasteiger partial charge in [0.1, 0.15) is 5.54 Å². The third-order valence-corrected chi connectivity index (χ3v) is 4.34. The molecule has 1 unspecified atom stereocenters. The van der Waals surface area contributed by atoms with E-state index >= 15 is 0 Å². The van der Waals surface area contributed by atoms with Crippen LogP contribution in [0.2, 0.25) is 0 Å². The number of carbonyl (C=O) groups excluding carboxylic acids is 1. The van der Waals surface area contributed by atoms with Crippen molar-refractivity contribution in [2.45, 2.75) is 31.2 Å². The highest BCUT2D eigenvalue weighted by Gasteiger charge is 2.29. The minimum Gasteiger partial charge on any atom is -0.478 e. The smallest absolute Gasteiger partial charge is 0.336 e. The Hall–Kier alpha value is -2.00. The van der Waals surface area contributed by atoms with Gasteiger partial charge in [0.25, 0.3) is 0 Å². The first kappa shape index (κ1) is 17.1. The number of benzene rings is 1. The second kappa shape index (κ2) is 7.14. The molecule has 1 atom stereocenters. The fourth-order valence-electron chi connectivity index (χ4n) is 1.54. The average Bonchev–Trinajstić information content (AvgIpc) is 2.44. The van der Waals surface area contributed by atoms with Gasteiger partial charge in [0, 0.05) is 4.90 Å². The summed E-state index contributed by atoms with van der Waals surface area (Å²) in [4.78, 5) is 23.6. The van der Waals surface area contributed by atoms with Crippen LogP contribution in [-0.2, 0) is 4.79 Å². The van der Waals surface area contributed by atoms with E-state index in [0.717, 1.165) is 11.8 Å². The predicted molar refractivity (Wildman–Crippen MR) is 81.1 cm³/mol. The maximum atomic E-state index is 11.9. The van der Waals surface area contributed by atoms with E-state index in [4.69, 9.17) is 10.4 Å². The molecule has 0 saturated heterocycles. The highest BCUT2D eigenvalue weighted by molar-refractivity contribution is 8.00. The monoisotopic (exact) mass is 306 g/mol. The van der Waals surface area contributed by atoms with Crippen molar-refractivity contribution in [3.8, 4) is 6.07 Å². The Kier molecular flexibility index (Phi) is 5.79. The largest absolute Gasteiger partial charge is 0.478 e. The van der Waals surface area contributed by atoms with Crippen molar-refractivity contribution in [2.24, 2.45) is 5.92 Å². The van der Waals surface area contributed by atoms with Crippen LogP contribution in [0.5, 0.6) is 0 Å². The highest BCUT2D eigenvalue weighted by Crippen LogP contribution is 2.23. The van der Waals surface area contributed by atoms with Crippen LogP contribution < -0.4 is 5.32 Å². The van der Waals surface area contributed by atoms with Crippen molar-refractivity contribution in [3.63, 3.8) is 0 Å². The molecule has 21 heavy (non-hydrogen) atoms. The van der Waals surface area contributed by atoms with Crippen LogP contribution in [0.3, 0.4) is 0 Å². The minimum atomic E-state index is -1.03. The summed E-state index contributed by atoms with van der Waals surface area (Å²) in [6.07, 6.45) is 0. The molecule has 0 heterocycles. The lowest BCUT2D eigenvalue weighted by atomic mass is 9.90. The van der Waals surface area contributed by atoms with Crippen LogP contribution in [0.15, 0.2) is 29.2 Å². The van der Waals surface area contributed by atoms with Crippen molar-refractivity contribution < 1.29 is 14.7 Å². The van der Waals surface area contributed by atoms with Crippen LogP contribution in [0.25, 0.3) is 0 Å². The number of carboxylic acids is 1. The lowest BCUT2D eigenvalue weighted by Crippen LogP contribution is -2.49. The molecule has 1 aromatic carbocycles. The van der Waals surface area contributed by atoms with Gasteiger partial charge in [-0.05, 0) is 25.0 Å². The number of carbonyl (C=O) groups is 2. The first-order valence-corrected chi connectivity index (χ1v) is 7.46. The Morgan fingerprint density at radius 1 is 1.43 bits per heavy atom. The molecule has 2 N–H and O–H groups in total. The number of amides is 1. The summed E-state index contributed by atoms with van der Waals surface area (Å²) < 4.78 is 0. The number of carboxylic acid groups (broad SMARTS) is 1.